The molecule has 1 fully saturated rings. The normalized spacial score (nSPS) is 16.9. The fourth-order valence-electron chi connectivity index (χ4n) is 5.56. The van der Waals surface area contributed by atoms with Crippen LogP contribution in [0.1, 0.15) is 52.3 Å². The van der Waals surface area contributed by atoms with Gasteiger partial charge in [0.1, 0.15) is 5.82 Å². The van der Waals surface area contributed by atoms with Crippen molar-refractivity contribution in [2.45, 2.75) is 60.0 Å². The van der Waals surface area contributed by atoms with Crippen molar-refractivity contribution in [1.82, 2.24) is 24.4 Å². The number of pyridine rings is 2. The summed E-state index contributed by atoms with van der Waals surface area (Å²) in [5, 5.41) is 1.00. The number of hydrogen-bond acceptors (Lipinski definition) is 7. The van der Waals surface area contributed by atoms with Gasteiger partial charge in [0.25, 0.3) is 0 Å². The number of nitrogen functional groups attached to an aromatic ring is 1. The van der Waals surface area contributed by atoms with Crippen molar-refractivity contribution < 1.29 is 4.79 Å². The molecule has 3 aromatic heterocycles. The molecule has 220 valence electrons. The van der Waals surface area contributed by atoms with Crippen LogP contribution in [0, 0.1) is 6.92 Å². The van der Waals surface area contributed by atoms with Crippen LogP contribution >= 0.6 is 11.6 Å². The first kappa shape index (κ1) is 30.7. The highest BCUT2D eigenvalue weighted by atomic mass is 35.5. The van der Waals surface area contributed by atoms with Gasteiger partial charge in [-0.15, -0.1) is 0 Å². The third kappa shape index (κ3) is 5.25. The van der Waals surface area contributed by atoms with E-state index in [0.717, 1.165) is 11.3 Å². The van der Waals surface area contributed by atoms with Crippen molar-refractivity contribution >= 4 is 40.0 Å². The summed E-state index contributed by atoms with van der Waals surface area (Å²) in [6.45, 7) is 14.6. The molecular weight excluding hydrogens is 550 g/mol. The molecule has 0 unspecified atom stereocenters. The quantitative estimate of drug-likeness (QED) is 0.233. The second-order valence-electron chi connectivity index (χ2n) is 10.9. The lowest BCUT2D eigenvalue weighted by molar-refractivity contribution is -0.128. The maximum Gasteiger partial charge on any atom is 0.355 e. The number of para-hydroxylation sites is 1. The van der Waals surface area contributed by atoms with Crippen LogP contribution in [0.25, 0.3) is 28.0 Å². The number of piperazine rings is 1. The minimum atomic E-state index is -0.475. The summed E-state index contributed by atoms with van der Waals surface area (Å²) >= 11 is 6.89. The fourth-order valence-corrected chi connectivity index (χ4v) is 5.81. The number of carbonyl (C=O) groups is 1. The molecule has 0 aliphatic carbocycles. The molecule has 2 N–H and O–H groups in total. The van der Waals surface area contributed by atoms with Gasteiger partial charge in [0.2, 0.25) is 5.91 Å². The maximum atomic E-state index is 14.1. The molecule has 1 saturated heterocycles. The summed E-state index contributed by atoms with van der Waals surface area (Å²) < 4.78 is 1.54. The van der Waals surface area contributed by atoms with Crippen molar-refractivity contribution in [3.63, 3.8) is 0 Å². The van der Waals surface area contributed by atoms with E-state index >= 15 is 0 Å². The summed E-state index contributed by atoms with van der Waals surface area (Å²) in [4.78, 5) is 44.6. The van der Waals surface area contributed by atoms with E-state index in [1.165, 1.54) is 6.08 Å². The topological polar surface area (TPSA) is 110 Å². The van der Waals surface area contributed by atoms with E-state index in [4.69, 9.17) is 22.3 Å². The van der Waals surface area contributed by atoms with E-state index in [1.54, 1.807) is 21.7 Å². The highest BCUT2D eigenvalue weighted by Crippen LogP contribution is 2.37. The third-order valence-electron chi connectivity index (χ3n) is 7.66. The molecule has 0 bridgehead atoms. The predicted octanol–water partition coefficient (Wildman–Crippen LogP) is 5.76. The van der Waals surface area contributed by atoms with Crippen LogP contribution in [-0.2, 0) is 4.79 Å². The lowest BCUT2D eigenvalue weighted by Gasteiger charge is -2.44. The molecule has 1 aliphatic heterocycles. The van der Waals surface area contributed by atoms with Crippen LogP contribution in [0.4, 0.5) is 11.5 Å². The average Bonchev–Trinajstić information content (AvgIpc) is 2.94. The van der Waals surface area contributed by atoms with Crippen molar-refractivity contribution in [3.05, 3.63) is 82.0 Å². The number of aromatic nitrogens is 4. The number of halogens is 1. The number of hydrogen-bond donors (Lipinski definition) is 1. The number of carbonyl (C=O) groups excluding carboxylic acids is 1. The molecule has 1 aliphatic rings. The van der Waals surface area contributed by atoms with Crippen molar-refractivity contribution in [2.24, 2.45) is 0 Å². The maximum absolute atomic E-state index is 14.1. The van der Waals surface area contributed by atoms with Crippen molar-refractivity contribution in [3.8, 4) is 16.9 Å². The second kappa shape index (κ2) is 11.9. The van der Waals surface area contributed by atoms with E-state index in [-0.39, 0.29) is 31.3 Å². The number of benzene rings is 1. The summed E-state index contributed by atoms with van der Waals surface area (Å²) in [6.07, 6.45) is 3.08. The summed E-state index contributed by atoms with van der Waals surface area (Å²) in [6, 6.07) is 10.8. The molecule has 0 radical (unpaired) electrons. The van der Waals surface area contributed by atoms with Crippen LogP contribution in [0.2, 0.25) is 5.02 Å². The Labute approximate surface area is 251 Å². The van der Waals surface area contributed by atoms with Crippen LogP contribution in [0.3, 0.4) is 0 Å². The zero-order valence-electron chi connectivity index (χ0n) is 23.9. The van der Waals surface area contributed by atoms with Gasteiger partial charge in [0.15, 0.2) is 5.65 Å². The summed E-state index contributed by atoms with van der Waals surface area (Å²) in [5.74, 6) is 0.389. The van der Waals surface area contributed by atoms with Gasteiger partial charge in [-0.05, 0) is 56.5 Å². The highest BCUT2D eigenvalue weighted by molar-refractivity contribution is 6.34. The lowest BCUT2D eigenvalue weighted by atomic mass is 10.0. The molecule has 0 spiro atoms. The molecule has 0 saturated carbocycles. The van der Waals surface area contributed by atoms with Crippen molar-refractivity contribution in [1.29, 1.82) is 0 Å². The van der Waals surface area contributed by atoms with Gasteiger partial charge in [0, 0.05) is 42.6 Å². The fraction of sp³-hybridized carbons (Fsp3) is 0.344. The predicted molar refractivity (Wildman–Crippen MR) is 172 cm³/mol. The molecule has 1 amide bonds. The van der Waals surface area contributed by atoms with Gasteiger partial charge in [0.05, 0.1) is 27.5 Å². The van der Waals surface area contributed by atoms with E-state index in [0.29, 0.717) is 57.6 Å². The van der Waals surface area contributed by atoms with E-state index in [1.807, 2.05) is 65.0 Å². The zero-order valence-corrected chi connectivity index (χ0v) is 24.7. The van der Waals surface area contributed by atoms with Crippen LogP contribution in [0.15, 0.2) is 60.0 Å². The molecule has 5 rings (SSSR count). The number of nitrogens with two attached hydrogens (primary N) is 1. The standard InChI is InChI=1S/C31H34ClN7O2.CH4/c1-7-25(40)37-15-20(6)38(16-19(37)5)29-22-14-23(32)27(21-10-8-9-11-24(21)33)35-30(22)39(31(41)36-29)28-18(4)12-13-34-26(28)17(2)3;/h7-14,17,19-20H,1,15-16,33H2,2-6H3;1H4/t19-,20+;/m1./s1. The molecule has 4 aromatic rings. The summed E-state index contributed by atoms with van der Waals surface area (Å²) in [5.41, 5.74) is 10.2. The molecule has 1 aromatic carbocycles. The van der Waals surface area contributed by atoms with E-state index in [2.05, 4.69) is 21.4 Å². The lowest BCUT2D eigenvalue weighted by Crippen LogP contribution is -2.58. The Hall–Kier alpha value is -4.24. The van der Waals surface area contributed by atoms with Gasteiger partial charge in [-0.25, -0.2) is 14.3 Å². The molecule has 10 heteroatoms. The van der Waals surface area contributed by atoms with E-state index in [9.17, 15) is 9.59 Å². The number of rotatable bonds is 5. The first-order chi connectivity index (χ1) is 19.5. The first-order valence-electron chi connectivity index (χ1n) is 13.7. The van der Waals surface area contributed by atoms with E-state index < -0.39 is 5.69 Å². The molecule has 9 nitrogen and oxygen atoms in total. The number of aryl methyl sites for hydroxylation is 1. The Balaban J connectivity index is 0.00000405. The number of fused-ring (bicyclic) bond motifs is 1. The Morgan fingerprint density at radius 3 is 2.52 bits per heavy atom. The number of anilines is 2. The Morgan fingerprint density at radius 2 is 1.86 bits per heavy atom. The summed E-state index contributed by atoms with van der Waals surface area (Å²) in [7, 11) is 0. The molecule has 4 heterocycles. The SMILES string of the molecule is C.C=CC(=O)N1C[C@H](C)N(c2nc(=O)n(-c3c(C)ccnc3C(C)C)c3nc(-c4ccccc4N)c(Cl)cc23)C[C@H]1C. The largest absolute Gasteiger partial charge is 0.398 e. The zero-order chi connectivity index (χ0) is 29.6. The average molecular weight is 588 g/mol. The third-order valence-corrected chi connectivity index (χ3v) is 7.95. The van der Waals surface area contributed by atoms with Gasteiger partial charge in [-0.1, -0.05) is 57.7 Å². The monoisotopic (exact) mass is 587 g/mol. The Bertz CT molecular complexity index is 1730. The van der Waals surface area contributed by atoms with Gasteiger partial charge >= 0.3 is 5.69 Å². The Kier molecular flexibility index (Phi) is 8.73. The molecule has 42 heavy (non-hydrogen) atoms. The minimum Gasteiger partial charge on any atom is -0.398 e. The molecule has 2 atom stereocenters. The number of nitrogens with zero attached hydrogens (tertiary/aromatic N) is 6. The minimum absolute atomic E-state index is 0. The van der Waals surface area contributed by atoms with Gasteiger partial charge < -0.3 is 15.5 Å². The van der Waals surface area contributed by atoms with Gasteiger partial charge in [-0.2, -0.15) is 4.98 Å². The molecular formula is C32H38ClN7O2. The Morgan fingerprint density at radius 1 is 1.14 bits per heavy atom. The number of amides is 1. The van der Waals surface area contributed by atoms with Crippen molar-refractivity contribution in [2.75, 3.05) is 23.7 Å². The van der Waals surface area contributed by atoms with Gasteiger partial charge in [-0.3, -0.25) is 9.78 Å². The first-order valence-corrected chi connectivity index (χ1v) is 14.0. The highest BCUT2D eigenvalue weighted by Gasteiger charge is 2.34. The second-order valence-corrected chi connectivity index (χ2v) is 11.3. The van der Waals surface area contributed by atoms with Crippen LogP contribution < -0.4 is 16.3 Å². The van der Waals surface area contributed by atoms with Crippen LogP contribution in [0.5, 0.6) is 0 Å². The van der Waals surface area contributed by atoms with Crippen LogP contribution in [-0.4, -0.2) is 55.5 Å². The smallest absolute Gasteiger partial charge is 0.355 e.